The van der Waals surface area contributed by atoms with Gasteiger partial charge in [-0.2, -0.15) is 5.26 Å². The Labute approximate surface area is 172 Å². The molecule has 8 nitrogen and oxygen atoms in total. The second-order valence-electron chi connectivity index (χ2n) is 6.26. The summed E-state index contributed by atoms with van der Waals surface area (Å²) in [5.74, 6) is 0.720. The zero-order chi connectivity index (χ0) is 21.1. The lowest BCUT2D eigenvalue weighted by atomic mass is 9.99. The van der Waals surface area contributed by atoms with Gasteiger partial charge in [0.15, 0.2) is 0 Å². The molecule has 2 aromatic heterocycles. The van der Waals surface area contributed by atoms with Crippen LogP contribution < -0.4 is 9.46 Å². The minimum atomic E-state index is -3.85. The first-order valence-electron chi connectivity index (χ1n) is 8.78. The molecule has 0 atom stereocenters. The Hall–Kier alpha value is -4.03. The molecule has 0 saturated carbocycles. The molecule has 148 valence electrons. The Morgan fingerprint density at radius 3 is 2.60 bits per heavy atom. The van der Waals surface area contributed by atoms with Crippen molar-refractivity contribution in [3.63, 3.8) is 0 Å². The van der Waals surface area contributed by atoms with Gasteiger partial charge < -0.3 is 4.74 Å². The van der Waals surface area contributed by atoms with Crippen LogP contribution >= 0.6 is 0 Å². The van der Waals surface area contributed by atoms with Crippen molar-refractivity contribution < 1.29 is 13.2 Å². The van der Waals surface area contributed by atoms with Crippen molar-refractivity contribution in [2.24, 2.45) is 0 Å². The minimum absolute atomic E-state index is 0.0602. The van der Waals surface area contributed by atoms with Crippen LogP contribution in [0.1, 0.15) is 5.56 Å². The van der Waals surface area contributed by atoms with Crippen LogP contribution in [0.25, 0.3) is 22.0 Å². The molecule has 4 aromatic rings. The highest BCUT2D eigenvalue weighted by atomic mass is 32.2. The van der Waals surface area contributed by atoms with E-state index in [1.165, 1.54) is 37.8 Å². The van der Waals surface area contributed by atoms with E-state index in [2.05, 4.69) is 25.7 Å². The Kier molecular flexibility index (Phi) is 5.00. The van der Waals surface area contributed by atoms with Crippen LogP contribution in [-0.2, 0) is 10.0 Å². The van der Waals surface area contributed by atoms with Gasteiger partial charge in [0.1, 0.15) is 17.9 Å². The Balaban J connectivity index is 1.79. The first-order valence-corrected chi connectivity index (χ1v) is 10.3. The molecular weight excluding hydrogens is 402 g/mol. The van der Waals surface area contributed by atoms with Gasteiger partial charge in [0.05, 0.1) is 29.2 Å². The summed E-state index contributed by atoms with van der Waals surface area (Å²) in [6, 6.07) is 15.2. The van der Waals surface area contributed by atoms with E-state index in [1.54, 1.807) is 30.5 Å². The van der Waals surface area contributed by atoms with Gasteiger partial charge in [-0.25, -0.2) is 18.4 Å². The first kappa shape index (κ1) is 19.3. The molecule has 0 radical (unpaired) electrons. The molecule has 9 heteroatoms. The van der Waals surface area contributed by atoms with E-state index in [0.717, 1.165) is 16.5 Å². The fourth-order valence-electron chi connectivity index (χ4n) is 3.06. The number of pyridine rings is 1. The summed E-state index contributed by atoms with van der Waals surface area (Å²) in [4.78, 5) is 12.0. The number of nitrogens with one attached hydrogen (secondary N) is 1. The van der Waals surface area contributed by atoms with E-state index >= 15 is 0 Å². The number of benzene rings is 2. The van der Waals surface area contributed by atoms with Crippen LogP contribution in [0.5, 0.6) is 5.75 Å². The average molecular weight is 417 g/mol. The molecule has 1 N–H and O–H groups in total. The SMILES string of the molecule is COc1cc(C#N)ccc1-c1ccnc2cc(S(=O)(=O)Nc3ccncn3)ccc12. The zero-order valence-electron chi connectivity index (χ0n) is 15.8. The van der Waals surface area contributed by atoms with Gasteiger partial charge in [-0.05, 0) is 48.0 Å². The summed E-state index contributed by atoms with van der Waals surface area (Å²) in [6.45, 7) is 0. The third-order valence-electron chi connectivity index (χ3n) is 4.47. The molecular formula is C21H15N5O3S. The van der Waals surface area contributed by atoms with E-state index < -0.39 is 10.0 Å². The van der Waals surface area contributed by atoms with Crippen LogP contribution in [0.15, 0.2) is 72.1 Å². The molecule has 2 aromatic carbocycles. The third kappa shape index (κ3) is 3.64. The van der Waals surface area contributed by atoms with Gasteiger partial charge in [0, 0.05) is 23.3 Å². The Bertz CT molecular complexity index is 1380. The van der Waals surface area contributed by atoms with Crippen molar-refractivity contribution in [1.82, 2.24) is 15.0 Å². The highest BCUT2D eigenvalue weighted by molar-refractivity contribution is 7.92. The fourth-order valence-corrected chi connectivity index (χ4v) is 4.09. The van der Waals surface area contributed by atoms with Gasteiger partial charge in [0.2, 0.25) is 0 Å². The lowest BCUT2D eigenvalue weighted by Gasteiger charge is -2.12. The normalized spacial score (nSPS) is 11.1. The van der Waals surface area contributed by atoms with Gasteiger partial charge in [-0.1, -0.05) is 6.07 Å². The van der Waals surface area contributed by atoms with Crippen molar-refractivity contribution in [2.75, 3.05) is 11.8 Å². The lowest BCUT2D eigenvalue weighted by Crippen LogP contribution is -2.14. The van der Waals surface area contributed by atoms with Crippen molar-refractivity contribution in [2.45, 2.75) is 4.90 Å². The molecule has 0 fully saturated rings. The monoisotopic (exact) mass is 417 g/mol. The molecule has 30 heavy (non-hydrogen) atoms. The predicted molar refractivity (Wildman–Crippen MR) is 111 cm³/mol. The molecule has 0 amide bonds. The number of aromatic nitrogens is 3. The van der Waals surface area contributed by atoms with Crippen LogP contribution in [0.3, 0.4) is 0 Å². The topological polar surface area (TPSA) is 118 Å². The van der Waals surface area contributed by atoms with Crippen LogP contribution in [-0.4, -0.2) is 30.5 Å². The number of methoxy groups -OCH3 is 1. The average Bonchev–Trinajstić information content (AvgIpc) is 2.78. The zero-order valence-corrected chi connectivity index (χ0v) is 16.6. The molecule has 4 rings (SSSR count). The van der Waals surface area contributed by atoms with Crippen LogP contribution in [0, 0.1) is 11.3 Å². The second kappa shape index (κ2) is 7.77. The smallest absolute Gasteiger partial charge is 0.263 e. The number of sulfonamides is 1. The second-order valence-corrected chi connectivity index (χ2v) is 7.95. The number of fused-ring (bicyclic) bond motifs is 1. The molecule has 0 spiro atoms. The standard InChI is InChI=1S/C21H15N5O3S/c1-29-20-10-14(12-22)2-4-18(20)16-6-9-24-19-11-15(3-5-17(16)19)30(27,28)26-21-7-8-23-13-25-21/h2-11,13H,1H3,(H,23,25,26). The quantitative estimate of drug-likeness (QED) is 0.529. The molecule has 2 heterocycles. The first-order chi connectivity index (χ1) is 14.5. The number of hydrogen-bond acceptors (Lipinski definition) is 7. The summed E-state index contributed by atoms with van der Waals surface area (Å²) in [5.41, 5.74) is 2.58. The highest BCUT2D eigenvalue weighted by Crippen LogP contribution is 2.35. The number of nitriles is 1. The van der Waals surface area contributed by atoms with Gasteiger partial charge in [0.25, 0.3) is 10.0 Å². The molecule has 0 bridgehead atoms. The maximum atomic E-state index is 12.7. The summed E-state index contributed by atoms with van der Waals surface area (Å²) in [6.07, 6.45) is 4.31. The van der Waals surface area contributed by atoms with Gasteiger partial charge in [-0.15, -0.1) is 0 Å². The third-order valence-corrected chi connectivity index (χ3v) is 5.82. The number of ether oxygens (including phenoxy) is 1. The van der Waals surface area contributed by atoms with Gasteiger partial charge in [-0.3, -0.25) is 9.71 Å². The molecule has 0 aliphatic carbocycles. The molecule has 0 saturated heterocycles. The number of anilines is 1. The van der Waals surface area contributed by atoms with Gasteiger partial charge >= 0.3 is 0 Å². The van der Waals surface area contributed by atoms with E-state index in [1.807, 2.05) is 6.07 Å². The molecule has 0 unspecified atom stereocenters. The predicted octanol–water partition coefficient (Wildman–Crippen LogP) is 3.37. The maximum Gasteiger partial charge on any atom is 0.263 e. The summed E-state index contributed by atoms with van der Waals surface area (Å²) in [5, 5.41) is 9.87. The van der Waals surface area contributed by atoms with Crippen molar-refractivity contribution in [3.05, 3.63) is 72.8 Å². The number of nitrogens with zero attached hydrogens (tertiary/aromatic N) is 4. The van der Waals surface area contributed by atoms with Crippen LogP contribution in [0.2, 0.25) is 0 Å². The van der Waals surface area contributed by atoms with E-state index in [-0.39, 0.29) is 10.7 Å². The fraction of sp³-hybridized carbons (Fsp3) is 0.0476. The van der Waals surface area contributed by atoms with Crippen molar-refractivity contribution >= 4 is 26.7 Å². The highest BCUT2D eigenvalue weighted by Gasteiger charge is 2.17. The summed E-state index contributed by atoms with van der Waals surface area (Å²) >= 11 is 0. The van der Waals surface area contributed by atoms with Crippen LogP contribution in [0.4, 0.5) is 5.82 Å². The Morgan fingerprint density at radius 2 is 1.87 bits per heavy atom. The molecule has 0 aliphatic heterocycles. The van der Waals surface area contributed by atoms with E-state index in [4.69, 9.17) is 10.00 Å². The minimum Gasteiger partial charge on any atom is -0.496 e. The molecule has 0 aliphatic rings. The number of hydrogen-bond donors (Lipinski definition) is 1. The lowest BCUT2D eigenvalue weighted by molar-refractivity contribution is 0.416. The summed E-state index contributed by atoms with van der Waals surface area (Å²) in [7, 11) is -2.31. The summed E-state index contributed by atoms with van der Waals surface area (Å²) < 4.78 is 33.3. The maximum absolute atomic E-state index is 12.7. The van der Waals surface area contributed by atoms with Crippen molar-refractivity contribution in [3.8, 4) is 22.9 Å². The number of rotatable bonds is 5. The Morgan fingerprint density at radius 1 is 1.00 bits per heavy atom. The van der Waals surface area contributed by atoms with Crippen molar-refractivity contribution in [1.29, 1.82) is 5.26 Å². The largest absolute Gasteiger partial charge is 0.496 e. The van der Waals surface area contributed by atoms with E-state index in [0.29, 0.717) is 16.8 Å². The van der Waals surface area contributed by atoms with E-state index in [9.17, 15) is 8.42 Å².